The Morgan fingerprint density at radius 2 is 0.480 bits per heavy atom. The molecule has 14 aromatic carbocycles. The number of fused-ring (bicyclic) bond motifs is 16. The standard InChI is InChI=1S/C42H26N4.C33H28BNO2.C15H10ClN3/c1-3-13-28(14-4-1)40-44-41(29-15-5-2-6-16-29)46-42(45-40)30-25-23-27(24-26-30)39-38-34-20-10-8-18-32(34)31-17-7-9-19-33(31)37(38)35-21-11-12-22-36(35)43-39;1-32(2)33(3,4)37-34(36-32)22-19-17-21(18-20-22)31-30-26-14-8-6-12-24(26)23-11-5-7-13-25(23)29(30)27-15-9-10-16-28(27)35-31;16-15-18-13(11-7-3-1-4-8-11)17-14(19-15)12-9-5-2-6-10-12/h1-26H;5-20H,1-4H3;1-10H. The highest BCUT2D eigenvalue weighted by atomic mass is 35.5. The molecule has 1 aliphatic rings. The molecule has 0 bridgehead atoms. The SMILES string of the molecule is CC1(C)OB(c2ccc(-c3nc4ccccc4c4c5ccccc5c5ccccc5c34)cc2)OC1(C)C.Clc1nc(-c2ccccc2)nc(-c2ccccc2)n1.c1ccc(-c2nc(-c3ccccc3)nc(-c3ccc(-c4nc5ccccc5c5c6ccccc6c6ccccc6c45)cc3)n2)cc1. The molecule has 5 heterocycles. The minimum atomic E-state index is -0.384. The van der Waals surface area contributed by atoms with Gasteiger partial charge in [-0.15, -0.1) is 0 Å². The lowest BCUT2D eigenvalue weighted by molar-refractivity contribution is 0.00578. The minimum absolute atomic E-state index is 0.202. The van der Waals surface area contributed by atoms with Crippen molar-refractivity contribution in [2.75, 3.05) is 0 Å². The van der Waals surface area contributed by atoms with E-state index in [4.69, 9.17) is 45.8 Å². The van der Waals surface area contributed by atoms with Crippen molar-refractivity contribution < 1.29 is 9.31 Å². The average Bonchev–Trinajstić information content (AvgIpc) is 0.968. The molecule has 0 amide bonds. The average molecular weight is 1340 g/mol. The molecule has 102 heavy (non-hydrogen) atoms. The molecule has 0 N–H and O–H groups in total. The minimum Gasteiger partial charge on any atom is -0.399 e. The van der Waals surface area contributed by atoms with Gasteiger partial charge in [0.1, 0.15) is 0 Å². The van der Waals surface area contributed by atoms with E-state index in [1.807, 2.05) is 121 Å². The van der Waals surface area contributed by atoms with Gasteiger partial charge in [-0.2, -0.15) is 9.97 Å². The third-order valence-corrected chi connectivity index (χ3v) is 19.8. The van der Waals surface area contributed by atoms with Gasteiger partial charge in [0.2, 0.25) is 5.28 Å². The number of benzene rings is 14. The first kappa shape index (κ1) is 63.2. The zero-order valence-corrected chi connectivity index (χ0v) is 57.1. The predicted octanol–water partition coefficient (Wildman–Crippen LogP) is 22.1. The largest absolute Gasteiger partial charge is 0.494 e. The molecule has 1 aliphatic heterocycles. The number of rotatable bonds is 8. The Labute approximate surface area is 595 Å². The van der Waals surface area contributed by atoms with Crippen LogP contribution >= 0.6 is 11.6 Å². The van der Waals surface area contributed by atoms with Crippen LogP contribution in [-0.4, -0.2) is 58.2 Å². The monoisotopic (exact) mass is 1330 g/mol. The highest BCUT2D eigenvalue weighted by Gasteiger charge is 2.51. The Hall–Kier alpha value is -12.2. The van der Waals surface area contributed by atoms with Gasteiger partial charge < -0.3 is 9.31 Å². The molecule has 19 rings (SSSR count). The second kappa shape index (κ2) is 26.4. The van der Waals surface area contributed by atoms with Crippen molar-refractivity contribution in [1.82, 2.24) is 39.9 Å². The topological polar surface area (TPSA) is 122 Å². The van der Waals surface area contributed by atoms with Gasteiger partial charge in [-0.1, -0.05) is 303 Å². The van der Waals surface area contributed by atoms with Crippen molar-refractivity contribution in [3.63, 3.8) is 0 Å². The lowest BCUT2D eigenvalue weighted by Gasteiger charge is -2.32. The fourth-order valence-corrected chi connectivity index (χ4v) is 14.1. The molecular formula is C90H64BClN8O2. The molecule has 0 atom stereocenters. The Balaban J connectivity index is 0.000000123. The Bertz CT molecular complexity index is 6080. The smallest absolute Gasteiger partial charge is 0.399 e. The Morgan fingerprint density at radius 3 is 0.814 bits per heavy atom. The van der Waals surface area contributed by atoms with Crippen LogP contribution in [0.25, 0.3) is 166 Å². The quantitative estimate of drug-likeness (QED) is 0.107. The molecule has 0 aliphatic carbocycles. The number of hydrogen-bond donors (Lipinski definition) is 0. The molecule has 1 fully saturated rings. The van der Waals surface area contributed by atoms with Crippen LogP contribution in [0.15, 0.2) is 315 Å². The summed E-state index contributed by atoms with van der Waals surface area (Å²) in [5, 5.41) is 17.3. The molecule has 18 aromatic rings. The van der Waals surface area contributed by atoms with E-state index in [1.165, 1.54) is 70.0 Å². The fourth-order valence-electron chi connectivity index (χ4n) is 13.9. The van der Waals surface area contributed by atoms with Crippen molar-refractivity contribution in [2.45, 2.75) is 38.9 Å². The van der Waals surface area contributed by atoms with Gasteiger partial charge in [-0.3, -0.25) is 0 Å². The van der Waals surface area contributed by atoms with E-state index in [0.29, 0.717) is 29.1 Å². The maximum Gasteiger partial charge on any atom is 0.494 e. The molecule has 4 aromatic heterocycles. The molecule has 1 saturated heterocycles. The summed E-state index contributed by atoms with van der Waals surface area (Å²) < 4.78 is 12.6. The van der Waals surface area contributed by atoms with Crippen LogP contribution in [0.2, 0.25) is 5.28 Å². The molecule has 0 spiro atoms. The fraction of sp³-hybridized carbons (Fsp3) is 0.0667. The van der Waals surface area contributed by atoms with E-state index < -0.39 is 0 Å². The summed E-state index contributed by atoms with van der Waals surface area (Å²) in [6.45, 7) is 8.34. The van der Waals surface area contributed by atoms with Crippen LogP contribution in [0.4, 0.5) is 0 Å². The third-order valence-electron chi connectivity index (χ3n) is 19.6. The molecule has 0 saturated carbocycles. The number of aromatic nitrogens is 8. The van der Waals surface area contributed by atoms with Crippen molar-refractivity contribution in [3.05, 3.63) is 321 Å². The second-order valence-corrected chi connectivity index (χ2v) is 26.8. The first-order chi connectivity index (χ1) is 50.0. The Morgan fingerprint density at radius 1 is 0.235 bits per heavy atom. The van der Waals surface area contributed by atoms with E-state index in [-0.39, 0.29) is 23.6 Å². The molecule has 0 unspecified atom stereocenters. The normalized spacial score (nSPS) is 13.2. The molecular weight excluding hydrogens is 1270 g/mol. The van der Waals surface area contributed by atoms with Gasteiger partial charge in [-0.25, -0.2) is 29.9 Å². The first-order valence-corrected chi connectivity index (χ1v) is 34.6. The number of pyridine rings is 2. The number of hydrogen-bond acceptors (Lipinski definition) is 10. The molecule has 0 radical (unpaired) electrons. The van der Waals surface area contributed by atoms with Crippen molar-refractivity contribution in [1.29, 1.82) is 0 Å². The first-order valence-electron chi connectivity index (χ1n) is 34.2. The van der Waals surface area contributed by atoms with Gasteiger partial charge in [0.15, 0.2) is 29.1 Å². The van der Waals surface area contributed by atoms with Gasteiger partial charge in [-0.05, 0) is 100.0 Å². The number of halogens is 1. The molecule has 486 valence electrons. The summed E-state index contributed by atoms with van der Waals surface area (Å²) in [5.74, 6) is 3.09. The zero-order valence-electron chi connectivity index (χ0n) is 56.4. The summed E-state index contributed by atoms with van der Waals surface area (Å²) in [6.07, 6.45) is 0. The van der Waals surface area contributed by atoms with E-state index in [2.05, 4.69) is 237 Å². The second-order valence-electron chi connectivity index (χ2n) is 26.4. The van der Waals surface area contributed by atoms with E-state index >= 15 is 0 Å². The van der Waals surface area contributed by atoms with Crippen LogP contribution in [0.1, 0.15) is 27.7 Å². The number of nitrogens with zero attached hydrogens (tertiary/aromatic N) is 8. The summed E-state index contributed by atoms with van der Waals surface area (Å²) in [5.41, 5.74) is 11.0. The van der Waals surface area contributed by atoms with Crippen molar-refractivity contribution in [3.8, 4) is 79.5 Å². The predicted molar refractivity (Wildman–Crippen MR) is 421 cm³/mol. The van der Waals surface area contributed by atoms with Crippen LogP contribution in [0.3, 0.4) is 0 Å². The number of para-hydroxylation sites is 2. The van der Waals surface area contributed by atoms with E-state index in [9.17, 15) is 0 Å². The molecule has 10 nitrogen and oxygen atoms in total. The third kappa shape index (κ3) is 11.8. The van der Waals surface area contributed by atoms with Gasteiger partial charge in [0.05, 0.1) is 33.6 Å². The molecule has 12 heteroatoms. The maximum atomic E-state index is 6.29. The van der Waals surface area contributed by atoms with Gasteiger partial charge >= 0.3 is 7.12 Å². The van der Waals surface area contributed by atoms with Crippen molar-refractivity contribution in [2.24, 2.45) is 0 Å². The summed E-state index contributed by atoms with van der Waals surface area (Å²) >= 11 is 5.99. The van der Waals surface area contributed by atoms with Crippen molar-refractivity contribution >= 4 is 111 Å². The van der Waals surface area contributed by atoms with Gasteiger partial charge in [0, 0.05) is 71.3 Å². The van der Waals surface area contributed by atoms with E-state index in [1.54, 1.807) is 0 Å². The summed E-state index contributed by atoms with van der Waals surface area (Å²) in [7, 11) is -0.384. The van der Waals surface area contributed by atoms with Crippen LogP contribution in [-0.2, 0) is 9.31 Å². The van der Waals surface area contributed by atoms with Crippen LogP contribution in [0, 0.1) is 0 Å². The highest BCUT2D eigenvalue weighted by molar-refractivity contribution is 6.62. The Kier molecular flexibility index (Phi) is 16.4. The lowest BCUT2D eigenvalue weighted by atomic mass is 9.78. The van der Waals surface area contributed by atoms with Gasteiger partial charge in [0.25, 0.3) is 0 Å². The van der Waals surface area contributed by atoms with E-state index in [0.717, 1.165) is 72.2 Å². The maximum absolute atomic E-state index is 6.29. The van der Waals surface area contributed by atoms with Crippen LogP contribution < -0.4 is 5.46 Å². The highest BCUT2D eigenvalue weighted by Crippen LogP contribution is 2.46. The lowest BCUT2D eigenvalue weighted by Crippen LogP contribution is -2.41. The summed E-state index contributed by atoms with van der Waals surface area (Å²) in [4.78, 5) is 38.1. The van der Waals surface area contributed by atoms with Crippen LogP contribution in [0.5, 0.6) is 0 Å². The summed E-state index contributed by atoms with van der Waals surface area (Å²) in [6, 6.07) is 108. The zero-order chi connectivity index (χ0) is 68.9.